The molecule has 3 rings (SSSR count). The highest BCUT2D eigenvalue weighted by molar-refractivity contribution is 7.13. The van der Waals surface area contributed by atoms with Crippen LogP contribution < -0.4 is 5.32 Å². The van der Waals surface area contributed by atoms with Crippen LogP contribution in [0.2, 0.25) is 0 Å². The highest BCUT2D eigenvalue weighted by atomic mass is 35.5. The van der Waals surface area contributed by atoms with E-state index in [0.29, 0.717) is 5.41 Å². The second kappa shape index (κ2) is 7.95. The smallest absolute Gasteiger partial charge is 0.265 e. The monoisotopic (exact) mass is 365 g/mol. The van der Waals surface area contributed by atoms with Gasteiger partial charge in [0, 0.05) is 13.1 Å². The summed E-state index contributed by atoms with van der Waals surface area (Å²) in [4.78, 5) is 19.8. The summed E-state index contributed by atoms with van der Waals surface area (Å²) in [5.74, 6) is 0.192. The van der Waals surface area contributed by atoms with E-state index < -0.39 is 0 Å². The zero-order valence-electron chi connectivity index (χ0n) is 13.2. The van der Waals surface area contributed by atoms with Gasteiger partial charge in [-0.05, 0) is 58.0 Å². The summed E-state index contributed by atoms with van der Waals surface area (Å²) in [6.07, 6.45) is 4.87. The fraction of sp³-hybridized carbons (Fsp3) is 0.733. The summed E-state index contributed by atoms with van der Waals surface area (Å²) < 4.78 is 0. The number of hydrogen-bond acceptors (Lipinski definition) is 4. The lowest BCUT2D eigenvalue weighted by atomic mass is 9.71. The number of aromatic nitrogens is 1. The number of carbonyl (C=O) groups is 1. The van der Waals surface area contributed by atoms with Gasteiger partial charge in [-0.3, -0.25) is 4.79 Å². The maximum Gasteiger partial charge on any atom is 0.265 e. The molecule has 1 N–H and O–H groups in total. The van der Waals surface area contributed by atoms with Gasteiger partial charge < -0.3 is 10.2 Å². The summed E-state index contributed by atoms with van der Waals surface area (Å²) in [5, 5.41) is 4.42. The topological polar surface area (TPSA) is 45.2 Å². The number of nitrogens with one attached hydrogen (secondary N) is 1. The molecule has 1 amide bonds. The molecule has 126 valence electrons. The van der Waals surface area contributed by atoms with Crippen LogP contribution in [0.5, 0.6) is 0 Å². The van der Waals surface area contributed by atoms with Gasteiger partial charge in [0.2, 0.25) is 0 Å². The molecule has 0 atom stereocenters. The molecule has 0 saturated carbocycles. The molecule has 2 fully saturated rings. The van der Waals surface area contributed by atoms with E-state index in [4.69, 9.17) is 0 Å². The summed E-state index contributed by atoms with van der Waals surface area (Å²) in [5.41, 5.74) is 1.39. The molecule has 2 saturated heterocycles. The molecular weight excluding hydrogens is 341 g/mol. The second-order valence-electron chi connectivity index (χ2n) is 6.19. The zero-order chi connectivity index (χ0) is 14.2. The van der Waals surface area contributed by atoms with Crippen LogP contribution >= 0.6 is 36.2 Å². The molecule has 0 radical (unpaired) electrons. The molecule has 2 aliphatic rings. The maximum atomic E-state index is 12.6. The normalized spacial score (nSPS) is 20.2. The Morgan fingerprint density at radius 1 is 1.14 bits per heavy atom. The van der Waals surface area contributed by atoms with Gasteiger partial charge in [-0.25, -0.2) is 4.98 Å². The van der Waals surface area contributed by atoms with Crippen LogP contribution in [0, 0.1) is 19.3 Å². The Kier molecular flexibility index (Phi) is 7.12. The number of piperidine rings is 2. The fourth-order valence-electron chi connectivity index (χ4n) is 3.51. The van der Waals surface area contributed by atoms with Crippen molar-refractivity contribution in [3.63, 3.8) is 0 Å². The van der Waals surface area contributed by atoms with Crippen molar-refractivity contribution in [2.75, 3.05) is 26.2 Å². The lowest BCUT2D eigenvalue weighted by molar-refractivity contribution is 0.0499. The minimum atomic E-state index is 0. The number of thiazole rings is 1. The largest absolute Gasteiger partial charge is 0.338 e. The van der Waals surface area contributed by atoms with E-state index in [0.717, 1.165) is 54.6 Å². The van der Waals surface area contributed by atoms with Crippen molar-refractivity contribution in [1.82, 2.24) is 15.2 Å². The third-order valence-electron chi connectivity index (χ3n) is 4.87. The van der Waals surface area contributed by atoms with Crippen LogP contribution in [-0.4, -0.2) is 42.0 Å². The Labute approximate surface area is 148 Å². The molecule has 7 heteroatoms. The Bertz CT molecular complexity index is 505. The number of nitrogens with zero attached hydrogens (tertiary/aromatic N) is 2. The van der Waals surface area contributed by atoms with Crippen molar-refractivity contribution in [2.24, 2.45) is 5.41 Å². The van der Waals surface area contributed by atoms with Gasteiger partial charge in [0.25, 0.3) is 5.91 Å². The van der Waals surface area contributed by atoms with Gasteiger partial charge in [-0.1, -0.05) is 0 Å². The van der Waals surface area contributed by atoms with E-state index in [1.54, 1.807) is 0 Å². The number of aryl methyl sites for hydroxylation is 2. The predicted molar refractivity (Wildman–Crippen MR) is 95.8 cm³/mol. The van der Waals surface area contributed by atoms with Crippen LogP contribution in [0.15, 0.2) is 0 Å². The van der Waals surface area contributed by atoms with E-state index in [2.05, 4.69) is 10.3 Å². The van der Waals surface area contributed by atoms with Crippen molar-refractivity contribution >= 4 is 42.1 Å². The molecule has 0 aliphatic carbocycles. The van der Waals surface area contributed by atoms with Crippen molar-refractivity contribution in [1.29, 1.82) is 0 Å². The van der Waals surface area contributed by atoms with Gasteiger partial charge in [-0.2, -0.15) is 0 Å². The van der Waals surface area contributed by atoms with Crippen molar-refractivity contribution < 1.29 is 4.79 Å². The fourth-order valence-corrected chi connectivity index (χ4v) is 4.40. The quantitative estimate of drug-likeness (QED) is 0.830. The molecule has 3 heterocycles. The summed E-state index contributed by atoms with van der Waals surface area (Å²) in [7, 11) is 0. The molecule has 2 aliphatic heterocycles. The van der Waals surface area contributed by atoms with E-state index in [9.17, 15) is 4.79 Å². The van der Waals surface area contributed by atoms with Crippen LogP contribution in [0.25, 0.3) is 0 Å². The Morgan fingerprint density at radius 2 is 1.73 bits per heavy atom. The van der Waals surface area contributed by atoms with Crippen LogP contribution in [0.1, 0.15) is 46.1 Å². The van der Waals surface area contributed by atoms with Crippen molar-refractivity contribution in [3.05, 3.63) is 15.6 Å². The van der Waals surface area contributed by atoms with Crippen LogP contribution in [0.3, 0.4) is 0 Å². The van der Waals surface area contributed by atoms with E-state index in [1.807, 2.05) is 18.7 Å². The van der Waals surface area contributed by atoms with E-state index in [1.165, 1.54) is 24.2 Å². The molecule has 4 nitrogen and oxygen atoms in total. The molecule has 1 spiro atoms. The Hall–Kier alpha value is -0.360. The number of carbonyl (C=O) groups excluding carboxylic acids is 1. The molecular formula is C15H25Cl2N3OS. The average molecular weight is 366 g/mol. The highest BCUT2D eigenvalue weighted by Crippen LogP contribution is 2.39. The number of likely N-dealkylation sites (tertiary alicyclic amines) is 1. The SMILES string of the molecule is Cc1nc(C)c(C(=O)N2CCC3(CCNCC3)CC2)s1.Cl.Cl. The van der Waals surface area contributed by atoms with Crippen molar-refractivity contribution in [3.8, 4) is 0 Å². The Balaban J connectivity index is 0.00000121. The zero-order valence-corrected chi connectivity index (χ0v) is 15.6. The third-order valence-corrected chi connectivity index (χ3v) is 5.93. The van der Waals surface area contributed by atoms with Crippen LogP contribution in [-0.2, 0) is 0 Å². The van der Waals surface area contributed by atoms with Crippen LogP contribution in [0.4, 0.5) is 0 Å². The summed E-state index contributed by atoms with van der Waals surface area (Å²) in [6, 6.07) is 0. The van der Waals surface area contributed by atoms with Gasteiger partial charge in [0.15, 0.2) is 0 Å². The van der Waals surface area contributed by atoms with E-state index in [-0.39, 0.29) is 30.7 Å². The molecule has 1 aromatic heterocycles. The standard InChI is InChI=1S/C15H23N3OS.2ClH/c1-11-13(20-12(2)17-11)14(19)18-9-5-15(6-10-18)3-7-16-8-4-15;;/h16H,3-10H2,1-2H3;2*1H. The van der Waals surface area contributed by atoms with Gasteiger partial charge >= 0.3 is 0 Å². The minimum absolute atomic E-state index is 0. The lowest BCUT2D eigenvalue weighted by Gasteiger charge is -2.44. The Morgan fingerprint density at radius 3 is 2.23 bits per heavy atom. The first-order valence-corrected chi connectivity index (χ1v) is 8.35. The molecule has 1 aromatic rings. The lowest BCUT2D eigenvalue weighted by Crippen LogP contribution is -2.47. The molecule has 0 aromatic carbocycles. The van der Waals surface area contributed by atoms with Crippen molar-refractivity contribution in [2.45, 2.75) is 39.5 Å². The highest BCUT2D eigenvalue weighted by Gasteiger charge is 2.37. The number of halogens is 2. The minimum Gasteiger partial charge on any atom is -0.338 e. The molecule has 0 unspecified atom stereocenters. The van der Waals surface area contributed by atoms with E-state index >= 15 is 0 Å². The summed E-state index contributed by atoms with van der Waals surface area (Å²) >= 11 is 1.53. The first kappa shape index (κ1) is 19.7. The number of amides is 1. The maximum absolute atomic E-state index is 12.6. The molecule has 0 bridgehead atoms. The predicted octanol–water partition coefficient (Wildman–Crippen LogP) is 3.21. The van der Waals surface area contributed by atoms with Gasteiger partial charge in [-0.15, -0.1) is 36.2 Å². The summed E-state index contributed by atoms with van der Waals surface area (Å²) in [6.45, 7) is 8.01. The first-order chi connectivity index (χ1) is 9.60. The average Bonchev–Trinajstić information content (AvgIpc) is 2.79. The third kappa shape index (κ3) is 3.94. The van der Waals surface area contributed by atoms with Gasteiger partial charge in [0.1, 0.15) is 4.88 Å². The first-order valence-electron chi connectivity index (χ1n) is 7.54. The van der Waals surface area contributed by atoms with Gasteiger partial charge in [0.05, 0.1) is 10.7 Å². The number of rotatable bonds is 1. The number of hydrogen-bond donors (Lipinski definition) is 1. The molecule has 22 heavy (non-hydrogen) atoms. The second-order valence-corrected chi connectivity index (χ2v) is 7.39.